The van der Waals surface area contributed by atoms with E-state index < -0.39 is 8.32 Å². The number of halogens is 1. The van der Waals surface area contributed by atoms with E-state index in [-0.39, 0.29) is 5.04 Å². The molecule has 1 atom stereocenters. The van der Waals surface area contributed by atoms with Crippen LogP contribution in [0.5, 0.6) is 5.75 Å². The van der Waals surface area contributed by atoms with E-state index in [2.05, 4.69) is 61.9 Å². The van der Waals surface area contributed by atoms with Crippen LogP contribution in [0, 0.1) is 0 Å². The van der Waals surface area contributed by atoms with Crippen molar-refractivity contribution in [2.75, 3.05) is 13.2 Å². The SMILES string of the molecule is CC(C)(C)[Si](C)(C)Oc1ccc(Br)c2cc(C3CCOC3)oc12. The van der Waals surface area contributed by atoms with Crippen molar-refractivity contribution in [3.63, 3.8) is 0 Å². The first-order valence-electron chi connectivity index (χ1n) is 8.18. The van der Waals surface area contributed by atoms with Crippen LogP contribution in [0.2, 0.25) is 18.1 Å². The van der Waals surface area contributed by atoms with Crippen molar-refractivity contribution in [1.29, 1.82) is 0 Å². The average molecular weight is 397 g/mol. The zero-order chi connectivity index (χ0) is 16.8. The number of ether oxygens (including phenoxy) is 1. The predicted octanol–water partition coefficient (Wildman–Crippen LogP) is 6.08. The van der Waals surface area contributed by atoms with Gasteiger partial charge in [-0.25, -0.2) is 0 Å². The Hall–Kier alpha value is -0.783. The zero-order valence-corrected chi connectivity index (χ0v) is 17.1. The van der Waals surface area contributed by atoms with Gasteiger partial charge in [0, 0.05) is 22.4 Å². The van der Waals surface area contributed by atoms with Gasteiger partial charge in [0.15, 0.2) is 5.58 Å². The lowest BCUT2D eigenvalue weighted by atomic mass is 10.1. The molecule has 2 aromatic rings. The predicted molar refractivity (Wildman–Crippen MR) is 99.9 cm³/mol. The topological polar surface area (TPSA) is 31.6 Å². The van der Waals surface area contributed by atoms with Gasteiger partial charge in [-0.15, -0.1) is 0 Å². The summed E-state index contributed by atoms with van der Waals surface area (Å²) in [5.74, 6) is 2.22. The second kappa shape index (κ2) is 5.94. The number of fused-ring (bicyclic) bond motifs is 1. The monoisotopic (exact) mass is 396 g/mol. The van der Waals surface area contributed by atoms with E-state index in [1.54, 1.807) is 0 Å². The maximum absolute atomic E-state index is 6.50. The minimum atomic E-state index is -1.90. The minimum absolute atomic E-state index is 0.154. The van der Waals surface area contributed by atoms with Crippen molar-refractivity contribution < 1.29 is 13.6 Å². The number of hydrogen-bond acceptors (Lipinski definition) is 3. The normalized spacial score (nSPS) is 19.5. The van der Waals surface area contributed by atoms with Crippen molar-refractivity contribution in [1.82, 2.24) is 0 Å². The molecule has 23 heavy (non-hydrogen) atoms. The molecular formula is C18H25BrO3Si. The van der Waals surface area contributed by atoms with Gasteiger partial charge >= 0.3 is 0 Å². The van der Waals surface area contributed by atoms with Crippen LogP contribution < -0.4 is 4.43 Å². The number of rotatable bonds is 3. The fourth-order valence-electron chi connectivity index (χ4n) is 2.55. The third-order valence-electron chi connectivity index (χ3n) is 5.12. The molecule has 1 aliphatic rings. The molecule has 1 aromatic heterocycles. The molecule has 1 unspecified atom stereocenters. The molecule has 1 aliphatic heterocycles. The summed E-state index contributed by atoms with van der Waals surface area (Å²) in [6.07, 6.45) is 1.02. The third kappa shape index (κ3) is 3.23. The molecule has 0 bridgehead atoms. The molecule has 1 saturated heterocycles. The first-order chi connectivity index (χ1) is 10.7. The van der Waals surface area contributed by atoms with E-state index in [1.165, 1.54) is 0 Å². The molecule has 2 heterocycles. The van der Waals surface area contributed by atoms with Gasteiger partial charge in [0.1, 0.15) is 11.5 Å². The van der Waals surface area contributed by atoms with Gasteiger partial charge in [-0.3, -0.25) is 0 Å². The van der Waals surface area contributed by atoms with E-state index in [4.69, 9.17) is 13.6 Å². The molecule has 0 aliphatic carbocycles. The van der Waals surface area contributed by atoms with Crippen molar-refractivity contribution in [3.05, 3.63) is 28.4 Å². The van der Waals surface area contributed by atoms with Crippen molar-refractivity contribution in [2.24, 2.45) is 0 Å². The number of furan rings is 1. The van der Waals surface area contributed by atoms with E-state index in [9.17, 15) is 0 Å². The van der Waals surface area contributed by atoms with E-state index in [0.717, 1.165) is 46.6 Å². The van der Waals surface area contributed by atoms with Gasteiger partial charge in [0.05, 0.1) is 6.61 Å². The molecule has 0 saturated carbocycles. The fraction of sp³-hybridized carbons (Fsp3) is 0.556. The van der Waals surface area contributed by atoms with Gasteiger partial charge in [-0.05, 0) is 42.8 Å². The van der Waals surface area contributed by atoms with Crippen LogP contribution >= 0.6 is 15.9 Å². The van der Waals surface area contributed by atoms with Crippen molar-refractivity contribution >= 4 is 35.2 Å². The molecule has 3 rings (SSSR count). The largest absolute Gasteiger partial charge is 0.541 e. The standard InChI is InChI=1S/C18H25BrO3Si/c1-18(2,3)23(4,5)22-15-7-6-14(19)13-10-16(21-17(13)15)12-8-9-20-11-12/h6-7,10,12H,8-9,11H2,1-5H3. The smallest absolute Gasteiger partial charge is 0.250 e. The van der Waals surface area contributed by atoms with Crippen LogP contribution in [0.3, 0.4) is 0 Å². The molecule has 0 radical (unpaired) electrons. The quantitative estimate of drug-likeness (QED) is 0.588. The number of hydrogen-bond donors (Lipinski definition) is 0. The van der Waals surface area contributed by atoms with E-state index in [1.807, 2.05) is 6.07 Å². The Morgan fingerprint density at radius 1 is 1.26 bits per heavy atom. The summed E-state index contributed by atoms with van der Waals surface area (Å²) in [5, 5.41) is 1.24. The Kier molecular flexibility index (Phi) is 4.40. The zero-order valence-electron chi connectivity index (χ0n) is 14.5. The Morgan fingerprint density at radius 2 is 2.00 bits per heavy atom. The summed E-state index contributed by atoms with van der Waals surface area (Å²) in [4.78, 5) is 0. The van der Waals surface area contributed by atoms with Crippen LogP contribution in [0.15, 0.2) is 27.1 Å². The third-order valence-corrected chi connectivity index (χ3v) is 10.2. The van der Waals surface area contributed by atoms with Crippen LogP contribution in [-0.4, -0.2) is 21.5 Å². The van der Waals surface area contributed by atoms with Gasteiger partial charge in [0.25, 0.3) is 8.32 Å². The van der Waals surface area contributed by atoms with Crippen LogP contribution in [0.25, 0.3) is 11.0 Å². The van der Waals surface area contributed by atoms with Crippen LogP contribution in [0.1, 0.15) is 38.9 Å². The van der Waals surface area contributed by atoms with Gasteiger partial charge in [-0.1, -0.05) is 36.7 Å². The lowest BCUT2D eigenvalue weighted by Crippen LogP contribution is -2.43. The minimum Gasteiger partial charge on any atom is -0.541 e. The van der Waals surface area contributed by atoms with Gasteiger partial charge < -0.3 is 13.6 Å². The summed E-state index contributed by atoms with van der Waals surface area (Å²) < 4.78 is 19.3. The molecule has 0 amide bonds. The Morgan fingerprint density at radius 3 is 2.61 bits per heavy atom. The maximum Gasteiger partial charge on any atom is 0.250 e. The highest BCUT2D eigenvalue weighted by Crippen LogP contribution is 2.42. The van der Waals surface area contributed by atoms with Gasteiger partial charge in [-0.2, -0.15) is 0 Å². The highest BCUT2D eigenvalue weighted by molar-refractivity contribution is 9.10. The molecule has 3 nitrogen and oxygen atoms in total. The summed E-state index contributed by atoms with van der Waals surface area (Å²) in [7, 11) is -1.90. The highest BCUT2D eigenvalue weighted by Gasteiger charge is 2.39. The Balaban J connectivity index is 2.02. The lowest BCUT2D eigenvalue weighted by Gasteiger charge is -2.36. The molecular weight excluding hydrogens is 372 g/mol. The van der Waals surface area contributed by atoms with Crippen LogP contribution in [0.4, 0.5) is 0 Å². The second-order valence-electron chi connectivity index (χ2n) is 7.86. The maximum atomic E-state index is 6.50. The second-order valence-corrected chi connectivity index (χ2v) is 13.4. The van der Waals surface area contributed by atoms with E-state index >= 15 is 0 Å². The van der Waals surface area contributed by atoms with E-state index in [0.29, 0.717) is 5.92 Å². The number of benzene rings is 1. The summed E-state index contributed by atoms with van der Waals surface area (Å²) in [6, 6.07) is 6.21. The first kappa shape index (κ1) is 17.1. The molecule has 5 heteroatoms. The summed E-state index contributed by atoms with van der Waals surface area (Å²) in [5.41, 5.74) is 0.853. The van der Waals surface area contributed by atoms with Gasteiger partial charge in [0.2, 0.25) is 0 Å². The Labute approximate surface area is 147 Å². The fourth-order valence-corrected chi connectivity index (χ4v) is 4.00. The first-order valence-corrected chi connectivity index (χ1v) is 11.9. The summed E-state index contributed by atoms with van der Waals surface area (Å²) >= 11 is 3.64. The van der Waals surface area contributed by atoms with Crippen LogP contribution in [-0.2, 0) is 4.74 Å². The molecule has 0 N–H and O–H groups in total. The highest BCUT2D eigenvalue weighted by atomic mass is 79.9. The van der Waals surface area contributed by atoms with Crippen molar-refractivity contribution in [2.45, 2.75) is 51.2 Å². The lowest BCUT2D eigenvalue weighted by molar-refractivity contribution is 0.191. The van der Waals surface area contributed by atoms with Crippen molar-refractivity contribution in [3.8, 4) is 5.75 Å². The summed E-state index contributed by atoms with van der Waals surface area (Å²) in [6.45, 7) is 12.8. The average Bonchev–Trinajstić information content (AvgIpc) is 3.08. The molecule has 1 fully saturated rings. The molecule has 1 aromatic carbocycles. The molecule has 0 spiro atoms. The Bertz CT molecular complexity index is 709. The molecule has 126 valence electrons.